The van der Waals surface area contributed by atoms with Crippen molar-refractivity contribution >= 4 is 92.5 Å². The van der Waals surface area contributed by atoms with Gasteiger partial charge >= 0.3 is 24.8 Å². The number of halogens is 7. The maximum atomic E-state index is 13.3. The molecule has 2 aromatic carbocycles. The summed E-state index contributed by atoms with van der Waals surface area (Å²) < 4.78 is 55.6. The van der Waals surface area contributed by atoms with Crippen molar-refractivity contribution in [3.63, 3.8) is 0 Å². The van der Waals surface area contributed by atoms with E-state index in [2.05, 4.69) is 91.8 Å². The van der Waals surface area contributed by atoms with E-state index in [0.29, 0.717) is 20.8 Å². The summed E-state index contributed by atoms with van der Waals surface area (Å²) in [4.78, 5) is 44.6. The first-order valence-corrected chi connectivity index (χ1v) is 14.3. The van der Waals surface area contributed by atoms with Gasteiger partial charge in [0.25, 0.3) is 11.1 Å². The maximum absolute atomic E-state index is 13.3. The third kappa shape index (κ3) is 16.1. The molecule has 3 heterocycles. The van der Waals surface area contributed by atoms with Gasteiger partial charge in [0.15, 0.2) is 5.82 Å². The van der Waals surface area contributed by atoms with E-state index < -0.39 is 45.5 Å². The van der Waals surface area contributed by atoms with E-state index in [1.165, 1.54) is 30.9 Å². The average molecular weight is 818 g/mol. The van der Waals surface area contributed by atoms with Crippen LogP contribution in [0.15, 0.2) is 93.3 Å². The minimum absolute atomic E-state index is 0.103. The molecule has 0 bridgehead atoms. The summed E-state index contributed by atoms with van der Waals surface area (Å²) in [6.45, 7) is 0. The number of thiol groups is 1. The van der Waals surface area contributed by atoms with E-state index in [1.807, 2.05) is 0 Å². The van der Waals surface area contributed by atoms with Crippen LogP contribution in [-0.4, -0.2) is 48.7 Å². The van der Waals surface area contributed by atoms with E-state index in [0.717, 1.165) is 30.3 Å². The number of hydrogen-bond acceptors (Lipinski definition) is 12. The number of nitrogens with zero attached hydrogens (tertiary/aromatic N) is 7. The van der Waals surface area contributed by atoms with Crippen LogP contribution in [0, 0.1) is 23.3 Å². The van der Waals surface area contributed by atoms with Gasteiger partial charge in [-0.05, 0) is 67.7 Å². The molecule has 5 N–H and O–H groups in total. The van der Waals surface area contributed by atoms with Crippen molar-refractivity contribution in [2.24, 2.45) is 4.30 Å². The summed E-state index contributed by atoms with van der Waals surface area (Å²) >= 11 is 14.3. The van der Waals surface area contributed by atoms with Crippen LogP contribution in [0.25, 0.3) is 0 Å². The van der Waals surface area contributed by atoms with Crippen LogP contribution in [0.2, 0.25) is 0 Å². The fourth-order valence-corrected chi connectivity index (χ4v) is 3.18. The number of carbonyl (C=O) groups is 2. The van der Waals surface area contributed by atoms with Gasteiger partial charge in [-0.1, -0.05) is 12.1 Å². The number of benzene rings is 2. The SMILES string of the molecule is Nc1cnc(Br)cn1.Nc1cnccn1.O=C(Cl)c1c(F)cccc1F.O=C(Nc1cnc(Br)cn1)c1c(F)cccc1F.[B]=NS. The normalized spacial score (nSPS) is 9.26. The zero-order valence-electron chi connectivity index (χ0n) is 23.3. The Kier molecular flexibility index (Phi) is 19.2. The predicted octanol–water partition coefficient (Wildman–Crippen LogP) is 6.18. The number of rotatable bonds is 3. The number of nitrogens with two attached hydrogens (primary N) is 2. The molecule has 0 atom stereocenters. The second-order valence-electron chi connectivity index (χ2n) is 7.66. The first kappa shape index (κ1) is 40.6. The molecule has 0 saturated carbocycles. The molecule has 0 aliphatic rings. The molecule has 0 unspecified atom stereocenters. The molecule has 243 valence electrons. The van der Waals surface area contributed by atoms with Crippen molar-refractivity contribution < 1.29 is 27.2 Å². The molecule has 12 nitrogen and oxygen atoms in total. The third-order valence-electron chi connectivity index (χ3n) is 4.43. The zero-order valence-corrected chi connectivity index (χ0v) is 28.1. The Morgan fingerprint density at radius 1 is 0.745 bits per heavy atom. The van der Waals surface area contributed by atoms with Gasteiger partial charge < -0.3 is 16.8 Å². The summed E-state index contributed by atoms with van der Waals surface area (Å²) in [5.74, 6) is -3.66. The molecular weight excluding hydrogens is 798 g/mol. The average Bonchev–Trinajstić information content (AvgIpc) is 3.01. The number of anilines is 3. The van der Waals surface area contributed by atoms with Crippen molar-refractivity contribution in [1.29, 1.82) is 0 Å². The number of nitrogens with one attached hydrogen (secondary N) is 1. The molecule has 0 aliphatic heterocycles. The van der Waals surface area contributed by atoms with Crippen molar-refractivity contribution in [2.75, 3.05) is 16.8 Å². The minimum atomic E-state index is -1.12. The van der Waals surface area contributed by atoms with E-state index in [-0.39, 0.29) is 5.82 Å². The van der Waals surface area contributed by atoms with Crippen LogP contribution in [0.3, 0.4) is 0 Å². The molecule has 5 rings (SSSR count). The molecule has 47 heavy (non-hydrogen) atoms. The molecule has 5 aromatic rings. The van der Waals surface area contributed by atoms with Gasteiger partial charge in [0.05, 0.1) is 31.0 Å². The van der Waals surface area contributed by atoms with Crippen molar-refractivity contribution in [3.8, 4) is 0 Å². The van der Waals surface area contributed by atoms with Gasteiger partial charge in [0.1, 0.15) is 55.2 Å². The Labute approximate surface area is 292 Å². The fourth-order valence-electron chi connectivity index (χ4n) is 2.59. The van der Waals surface area contributed by atoms with E-state index in [9.17, 15) is 27.2 Å². The second kappa shape index (κ2) is 22.2. The summed E-state index contributed by atoms with van der Waals surface area (Å²) in [5.41, 5.74) is 9.07. The molecular formula is C26H19BBr2ClF4N10O2S. The molecule has 0 spiro atoms. The first-order valence-electron chi connectivity index (χ1n) is 12.0. The van der Waals surface area contributed by atoms with Crippen molar-refractivity contribution in [1.82, 2.24) is 29.9 Å². The van der Waals surface area contributed by atoms with E-state index in [1.54, 1.807) is 18.6 Å². The van der Waals surface area contributed by atoms with Gasteiger partial charge in [-0.15, -0.1) is 0 Å². The molecule has 0 aliphatic carbocycles. The number of carbonyl (C=O) groups excluding carboxylic acids is 2. The van der Waals surface area contributed by atoms with Crippen LogP contribution >= 0.6 is 56.3 Å². The Hall–Kier alpha value is -4.40. The number of hydrogen-bond donors (Lipinski definition) is 4. The van der Waals surface area contributed by atoms with Crippen molar-refractivity contribution in [3.05, 3.63) is 123 Å². The molecule has 21 heteroatoms. The summed E-state index contributed by atoms with van der Waals surface area (Å²) in [7, 11) is 4.34. The molecule has 0 fully saturated rings. The Balaban J connectivity index is 0.000000326. The van der Waals surface area contributed by atoms with Gasteiger partial charge in [0.2, 0.25) is 0 Å². The second-order valence-corrected chi connectivity index (χ2v) is 9.85. The number of nitrogen functional groups attached to an aromatic ring is 2. The summed E-state index contributed by atoms with van der Waals surface area (Å²) in [6, 6.07) is 6.29. The topological polar surface area (TPSA) is 188 Å². The molecule has 1 amide bonds. The van der Waals surface area contributed by atoms with Crippen molar-refractivity contribution in [2.45, 2.75) is 0 Å². The van der Waals surface area contributed by atoms with Crippen LogP contribution < -0.4 is 16.8 Å². The quantitative estimate of drug-likeness (QED) is 0.0709. The molecule has 0 saturated heterocycles. The summed E-state index contributed by atoms with van der Waals surface area (Å²) in [5, 5.41) is 1.13. The van der Waals surface area contributed by atoms with E-state index >= 15 is 0 Å². The Bertz CT molecular complexity index is 1680. The number of aromatic nitrogens is 6. The molecule has 1 radical (unpaired) electrons. The van der Waals surface area contributed by atoms with E-state index in [4.69, 9.17) is 23.1 Å². The van der Waals surface area contributed by atoms with Crippen LogP contribution in [0.4, 0.5) is 35.0 Å². The first-order chi connectivity index (χ1) is 22.3. The standard InChI is InChI=1S/C11H6BrF2N3O.C7H3ClF2O.C4H4BrN3.C4H5N3.BHNS/c12-8-4-16-9(5-15-8)17-11(18)10-6(13)2-1-3-7(10)14;8-7(11)6-4(9)2-1-3-5(6)10;5-3-1-8-4(6)2-7-3;5-4-3-6-1-2-7-4;1-2-3/h1-5H,(H,16,17,18);1-3H;1-2H,(H2,6,8);1-3H,(H2,5,7);3H. The summed E-state index contributed by atoms with van der Waals surface area (Å²) in [6.07, 6.45) is 10.3. The third-order valence-corrected chi connectivity index (χ3v) is 5.44. The monoisotopic (exact) mass is 815 g/mol. The fraction of sp³-hybridized carbons (Fsp3) is 0. The Morgan fingerprint density at radius 3 is 1.53 bits per heavy atom. The van der Waals surface area contributed by atoms with Gasteiger partial charge in [0, 0.05) is 12.4 Å². The Morgan fingerprint density at radius 2 is 1.21 bits per heavy atom. The molecule has 3 aromatic heterocycles. The van der Waals surface area contributed by atoms with Gasteiger partial charge in [-0.2, -0.15) is 0 Å². The van der Waals surface area contributed by atoms with Crippen LogP contribution in [0.1, 0.15) is 20.7 Å². The van der Waals surface area contributed by atoms with Gasteiger partial charge in [-0.3, -0.25) is 14.6 Å². The predicted molar refractivity (Wildman–Crippen MR) is 178 cm³/mol. The number of amides is 1. The zero-order chi connectivity index (χ0) is 35.4. The van der Waals surface area contributed by atoms with Crippen LogP contribution in [0.5, 0.6) is 0 Å². The van der Waals surface area contributed by atoms with Gasteiger partial charge in [-0.25, -0.2) is 42.5 Å². The van der Waals surface area contributed by atoms with Crippen LogP contribution in [-0.2, 0) is 0 Å².